The van der Waals surface area contributed by atoms with Crippen molar-refractivity contribution in [2.24, 2.45) is 0 Å². The van der Waals surface area contributed by atoms with E-state index in [4.69, 9.17) is 23.3 Å². The minimum absolute atomic E-state index is 0.0270. The first kappa shape index (κ1) is 28.3. The van der Waals surface area contributed by atoms with Gasteiger partial charge in [-0.2, -0.15) is 0 Å². The molecule has 0 aliphatic carbocycles. The fourth-order valence-corrected chi connectivity index (χ4v) is 5.29. The Morgan fingerprint density at radius 1 is 1.16 bits per heavy atom. The molecule has 1 aromatic heterocycles. The Hall–Kier alpha value is -3.25. The van der Waals surface area contributed by atoms with Gasteiger partial charge in [-0.15, -0.1) is 0 Å². The summed E-state index contributed by atoms with van der Waals surface area (Å²) < 4.78 is 41.1. The van der Waals surface area contributed by atoms with Crippen LogP contribution < -0.4 is 16.6 Å². The molecule has 0 bridgehead atoms. The molecule has 0 spiro atoms. The first-order chi connectivity index (χ1) is 17.5. The van der Waals surface area contributed by atoms with Crippen LogP contribution in [0.25, 0.3) is 0 Å². The van der Waals surface area contributed by atoms with Gasteiger partial charge in [0.25, 0.3) is 5.56 Å². The number of nitrogens with one attached hydrogen (secondary N) is 2. The molecule has 37 heavy (non-hydrogen) atoms. The van der Waals surface area contributed by atoms with Gasteiger partial charge in [0.1, 0.15) is 25.0 Å². The van der Waals surface area contributed by atoms with E-state index in [9.17, 15) is 23.7 Å². The summed E-state index contributed by atoms with van der Waals surface area (Å²) in [5.41, 5.74) is -0.239. The van der Waals surface area contributed by atoms with Crippen LogP contribution in [-0.4, -0.2) is 54.5 Å². The molecule has 3 rings (SSSR count). The SMILES string of the molecule is COP(=O)(OC)C(Nc1ccc(C)cc1)c1cn([C@H]2C[C@H](OC(C)=O)[C@@H](COC(C)=O)O2)c(=O)[nH]c1=O. The monoisotopic (exact) mass is 539 g/mol. The van der Waals surface area contributed by atoms with E-state index in [0.29, 0.717) is 5.69 Å². The molecule has 1 aromatic carbocycles. The zero-order chi connectivity index (χ0) is 27.3. The second kappa shape index (κ2) is 11.9. The molecule has 14 heteroatoms. The Morgan fingerprint density at radius 3 is 2.38 bits per heavy atom. The van der Waals surface area contributed by atoms with Crippen LogP contribution in [0.2, 0.25) is 0 Å². The molecule has 0 radical (unpaired) electrons. The highest BCUT2D eigenvalue weighted by atomic mass is 31.2. The molecule has 1 fully saturated rings. The van der Waals surface area contributed by atoms with Gasteiger partial charge in [0.05, 0.1) is 5.56 Å². The van der Waals surface area contributed by atoms with Gasteiger partial charge in [0, 0.05) is 46.4 Å². The number of aromatic amines is 1. The van der Waals surface area contributed by atoms with Crippen LogP contribution in [0.4, 0.5) is 5.69 Å². The van der Waals surface area contributed by atoms with Gasteiger partial charge >= 0.3 is 25.2 Å². The Bertz CT molecular complexity index is 1280. The predicted molar refractivity (Wildman–Crippen MR) is 131 cm³/mol. The van der Waals surface area contributed by atoms with E-state index in [-0.39, 0.29) is 18.6 Å². The molecule has 13 nitrogen and oxygen atoms in total. The number of ether oxygens (including phenoxy) is 3. The molecule has 1 unspecified atom stereocenters. The number of hydrogen-bond acceptors (Lipinski definition) is 11. The predicted octanol–water partition coefficient (Wildman–Crippen LogP) is 2.22. The van der Waals surface area contributed by atoms with Gasteiger partial charge < -0.3 is 28.6 Å². The third-order valence-corrected chi connectivity index (χ3v) is 7.79. The highest BCUT2D eigenvalue weighted by Crippen LogP contribution is 2.59. The van der Waals surface area contributed by atoms with Crippen LogP contribution in [-0.2, 0) is 37.4 Å². The number of H-pyrrole nitrogens is 1. The highest BCUT2D eigenvalue weighted by molar-refractivity contribution is 7.54. The van der Waals surface area contributed by atoms with E-state index < -0.39 is 55.0 Å². The van der Waals surface area contributed by atoms with E-state index in [1.165, 1.54) is 34.3 Å². The number of carbonyl (C=O) groups is 2. The third-order valence-electron chi connectivity index (χ3n) is 5.73. The van der Waals surface area contributed by atoms with Crippen molar-refractivity contribution in [1.29, 1.82) is 0 Å². The number of rotatable bonds is 10. The lowest BCUT2D eigenvalue weighted by Crippen LogP contribution is -2.36. The van der Waals surface area contributed by atoms with Gasteiger partial charge in [0.15, 0.2) is 5.78 Å². The van der Waals surface area contributed by atoms with E-state index in [1.807, 2.05) is 19.1 Å². The van der Waals surface area contributed by atoms with Crippen molar-refractivity contribution in [2.75, 3.05) is 26.1 Å². The summed E-state index contributed by atoms with van der Waals surface area (Å²) in [6, 6.07) is 7.09. The largest absolute Gasteiger partial charge is 0.463 e. The van der Waals surface area contributed by atoms with Gasteiger partial charge in [-0.1, -0.05) is 17.7 Å². The van der Waals surface area contributed by atoms with Crippen molar-refractivity contribution in [2.45, 2.75) is 51.4 Å². The van der Waals surface area contributed by atoms with Crippen LogP contribution in [0.15, 0.2) is 40.1 Å². The maximum absolute atomic E-state index is 13.5. The Labute approximate surface area is 212 Å². The van der Waals surface area contributed by atoms with Gasteiger partial charge in [0.2, 0.25) is 0 Å². The molecule has 2 aromatic rings. The summed E-state index contributed by atoms with van der Waals surface area (Å²) >= 11 is 0. The zero-order valence-corrected chi connectivity index (χ0v) is 22.0. The lowest BCUT2D eigenvalue weighted by atomic mass is 10.2. The normalized spacial score (nSPS) is 20.3. The Kier molecular flexibility index (Phi) is 9.08. The molecule has 0 amide bonds. The number of hydrogen-bond donors (Lipinski definition) is 2. The molecular formula is C23H30N3O10P. The van der Waals surface area contributed by atoms with Crippen LogP contribution in [0.1, 0.15) is 43.4 Å². The number of carbonyl (C=O) groups excluding carboxylic acids is 2. The van der Waals surface area contributed by atoms with Crippen molar-refractivity contribution < 1.29 is 37.4 Å². The highest BCUT2D eigenvalue weighted by Gasteiger charge is 2.42. The third kappa shape index (κ3) is 6.75. The van der Waals surface area contributed by atoms with Gasteiger partial charge in [-0.3, -0.25) is 28.5 Å². The molecule has 1 aliphatic heterocycles. The summed E-state index contributed by atoms with van der Waals surface area (Å²) in [5.74, 6) is -2.44. The Morgan fingerprint density at radius 2 is 1.81 bits per heavy atom. The second-order valence-electron chi connectivity index (χ2n) is 8.38. The Balaban J connectivity index is 2.03. The number of esters is 2. The molecular weight excluding hydrogens is 509 g/mol. The molecule has 2 heterocycles. The van der Waals surface area contributed by atoms with Gasteiger partial charge in [-0.05, 0) is 19.1 Å². The first-order valence-corrected chi connectivity index (χ1v) is 12.9. The van der Waals surface area contributed by atoms with E-state index in [0.717, 1.165) is 10.1 Å². The lowest BCUT2D eigenvalue weighted by molar-refractivity contribution is -0.155. The summed E-state index contributed by atoms with van der Waals surface area (Å²) in [7, 11) is -1.60. The fourth-order valence-electron chi connectivity index (χ4n) is 3.89. The minimum atomic E-state index is -3.96. The van der Waals surface area contributed by atoms with Crippen LogP contribution in [0.5, 0.6) is 0 Å². The standard InChI is InChI=1S/C23H30N3O10P/c1-13-6-8-16(9-7-13)24-22(37(31,32-4)33-5)17-11-26(23(30)25-21(17)29)20-10-18(35-15(3)28)19(36-20)12-34-14(2)27/h6-9,11,18-20,22,24H,10,12H2,1-5H3,(H,25,29,30)/t18-,19+,20+,22?/m0/s1. The molecule has 1 saturated heterocycles. The van der Waals surface area contributed by atoms with Crippen molar-refractivity contribution in [3.05, 3.63) is 62.4 Å². The molecule has 2 N–H and O–H groups in total. The minimum Gasteiger partial charge on any atom is -0.463 e. The van der Waals surface area contributed by atoms with Crippen LogP contribution >= 0.6 is 7.60 Å². The maximum Gasteiger partial charge on any atom is 0.356 e. The second-order valence-corrected chi connectivity index (χ2v) is 10.7. The molecule has 1 aliphatic rings. The van der Waals surface area contributed by atoms with Crippen molar-refractivity contribution in [1.82, 2.24) is 9.55 Å². The lowest BCUT2D eigenvalue weighted by Gasteiger charge is -2.26. The first-order valence-electron chi connectivity index (χ1n) is 11.3. The van der Waals surface area contributed by atoms with Crippen molar-refractivity contribution >= 4 is 25.2 Å². The quantitative estimate of drug-likeness (QED) is 0.336. The van der Waals surface area contributed by atoms with E-state index >= 15 is 0 Å². The van der Waals surface area contributed by atoms with E-state index in [2.05, 4.69) is 10.3 Å². The average molecular weight is 539 g/mol. The van der Waals surface area contributed by atoms with Crippen LogP contribution in [0.3, 0.4) is 0 Å². The topological polar surface area (TPSA) is 164 Å². The average Bonchev–Trinajstić information content (AvgIpc) is 3.23. The van der Waals surface area contributed by atoms with E-state index in [1.54, 1.807) is 12.1 Å². The molecule has 202 valence electrons. The number of nitrogens with zero attached hydrogens (tertiary/aromatic N) is 1. The maximum atomic E-state index is 13.5. The number of benzene rings is 1. The fraction of sp³-hybridized carbons (Fsp3) is 0.478. The summed E-state index contributed by atoms with van der Waals surface area (Å²) in [5, 5.41) is 3.00. The molecule has 0 saturated carbocycles. The summed E-state index contributed by atoms with van der Waals surface area (Å²) in [6.07, 6.45) is -1.46. The summed E-state index contributed by atoms with van der Waals surface area (Å²) in [6.45, 7) is 4.12. The number of aryl methyl sites for hydroxylation is 1. The van der Waals surface area contributed by atoms with Crippen molar-refractivity contribution in [3.8, 4) is 0 Å². The van der Waals surface area contributed by atoms with Crippen LogP contribution in [0, 0.1) is 6.92 Å². The smallest absolute Gasteiger partial charge is 0.356 e. The van der Waals surface area contributed by atoms with Crippen molar-refractivity contribution in [3.63, 3.8) is 0 Å². The molecule has 4 atom stereocenters. The number of aromatic nitrogens is 2. The number of anilines is 1. The zero-order valence-electron chi connectivity index (χ0n) is 21.1. The summed E-state index contributed by atoms with van der Waals surface area (Å²) in [4.78, 5) is 50.7. The van der Waals surface area contributed by atoms with Gasteiger partial charge in [-0.25, -0.2) is 4.79 Å².